The van der Waals surface area contributed by atoms with Gasteiger partial charge in [0.1, 0.15) is 5.75 Å². The summed E-state index contributed by atoms with van der Waals surface area (Å²) in [6, 6.07) is 22.3. The van der Waals surface area contributed by atoms with Gasteiger partial charge in [-0.25, -0.2) is 5.01 Å². The highest BCUT2D eigenvalue weighted by Crippen LogP contribution is 2.40. The Morgan fingerprint density at radius 2 is 1.80 bits per heavy atom. The molecule has 0 radical (unpaired) electrons. The minimum Gasteiger partial charge on any atom is -0.496 e. The largest absolute Gasteiger partial charge is 0.496 e. The number of hydrazone groups is 1. The van der Waals surface area contributed by atoms with Crippen molar-refractivity contribution in [1.29, 1.82) is 0 Å². The highest BCUT2D eigenvalue weighted by molar-refractivity contribution is 6.31. The average molecular weight is 557 g/mol. The van der Waals surface area contributed by atoms with Crippen molar-refractivity contribution in [3.63, 3.8) is 0 Å². The number of amides is 1. The minimum atomic E-state index is -0.433. The number of fused-ring (bicyclic) bond motifs is 1. The number of ether oxygens (including phenoxy) is 2. The Morgan fingerprint density at radius 1 is 1.05 bits per heavy atom. The maximum Gasteiger partial charge on any atom is 0.258 e. The van der Waals surface area contributed by atoms with Crippen LogP contribution in [0.5, 0.6) is 5.75 Å². The van der Waals surface area contributed by atoms with Gasteiger partial charge in [0.15, 0.2) is 0 Å². The molecular formula is C31H29ClN4O4. The van der Waals surface area contributed by atoms with Crippen molar-refractivity contribution in [3.8, 4) is 16.9 Å². The third-order valence-corrected chi connectivity index (χ3v) is 7.69. The number of methoxy groups -OCH3 is 1. The number of carbonyl (C=O) groups excluding carboxylic acids is 1. The van der Waals surface area contributed by atoms with E-state index in [1.807, 2.05) is 66.7 Å². The second-order valence-electron chi connectivity index (χ2n) is 9.90. The van der Waals surface area contributed by atoms with Crippen molar-refractivity contribution < 1.29 is 14.3 Å². The molecule has 1 atom stereocenters. The van der Waals surface area contributed by atoms with Crippen LogP contribution in [0.2, 0.25) is 5.02 Å². The van der Waals surface area contributed by atoms with E-state index < -0.39 is 6.04 Å². The number of nitrogens with one attached hydrogen (secondary N) is 1. The third kappa shape index (κ3) is 5.01. The van der Waals surface area contributed by atoms with E-state index in [0.717, 1.165) is 22.1 Å². The van der Waals surface area contributed by atoms with E-state index >= 15 is 0 Å². The standard InChI is InChI=1S/C31H29ClN4O4/c1-39-27-10-6-5-9-22(27)26-18-25(34-36(26)28(37)19-35-13-15-40-16-14-35)30-29(20-7-3-2-4-8-20)23-17-21(32)11-12-24(23)33-31(30)38/h2-12,17,26H,13-16,18-19H2,1H3,(H,33,38). The molecule has 4 aromatic rings. The summed E-state index contributed by atoms with van der Waals surface area (Å²) in [5.41, 5.74) is 3.81. The van der Waals surface area contributed by atoms with Crippen LogP contribution < -0.4 is 10.3 Å². The Hall–Kier alpha value is -3.98. The number of hydrogen-bond donors (Lipinski definition) is 1. The van der Waals surface area contributed by atoms with Gasteiger partial charge in [0, 0.05) is 46.6 Å². The zero-order chi connectivity index (χ0) is 27.6. The van der Waals surface area contributed by atoms with Crippen molar-refractivity contribution in [1.82, 2.24) is 14.9 Å². The van der Waals surface area contributed by atoms with E-state index in [0.29, 0.717) is 60.3 Å². The molecular weight excluding hydrogens is 528 g/mol. The van der Waals surface area contributed by atoms with Crippen LogP contribution in [-0.4, -0.2) is 66.5 Å². The smallest absolute Gasteiger partial charge is 0.258 e. The normalized spacial score (nSPS) is 17.7. The number of morpholine rings is 1. The van der Waals surface area contributed by atoms with Gasteiger partial charge in [-0.15, -0.1) is 0 Å². The molecule has 6 rings (SSSR count). The number of pyridine rings is 1. The molecule has 1 N–H and O–H groups in total. The monoisotopic (exact) mass is 556 g/mol. The fourth-order valence-corrected chi connectivity index (χ4v) is 5.72. The summed E-state index contributed by atoms with van der Waals surface area (Å²) in [4.78, 5) is 32.6. The maximum atomic E-state index is 13.8. The van der Waals surface area contributed by atoms with Gasteiger partial charge in [-0.2, -0.15) is 5.10 Å². The Morgan fingerprint density at radius 3 is 2.58 bits per heavy atom. The van der Waals surface area contributed by atoms with Crippen LogP contribution >= 0.6 is 11.6 Å². The molecule has 1 saturated heterocycles. The van der Waals surface area contributed by atoms with E-state index in [1.165, 1.54) is 5.01 Å². The summed E-state index contributed by atoms with van der Waals surface area (Å²) in [6.45, 7) is 2.75. The summed E-state index contributed by atoms with van der Waals surface area (Å²) in [5, 5.41) is 7.76. The van der Waals surface area contributed by atoms with Crippen LogP contribution in [-0.2, 0) is 9.53 Å². The number of rotatable bonds is 6. The molecule has 2 aliphatic heterocycles. The van der Waals surface area contributed by atoms with Crippen molar-refractivity contribution >= 4 is 34.1 Å². The molecule has 0 saturated carbocycles. The number of aromatic amines is 1. The van der Waals surface area contributed by atoms with Crippen molar-refractivity contribution in [2.45, 2.75) is 12.5 Å². The summed E-state index contributed by atoms with van der Waals surface area (Å²) in [6.07, 6.45) is 0.351. The number of H-pyrrole nitrogens is 1. The molecule has 2 aliphatic rings. The van der Waals surface area contributed by atoms with Gasteiger partial charge >= 0.3 is 0 Å². The molecule has 0 bridgehead atoms. The van der Waals surface area contributed by atoms with Gasteiger partial charge in [0.25, 0.3) is 11.5 Å². The first-order valence-corrected chi connectivity index (χ1v) is 13.6. The first-order chi connectivity index (χ1) is 19.5. The molecule has 1 amide bonds. The van der Waals surface area contributed by atoms with Crippen LogP contribution in [0.25, 0.3) is 22.0 Å². The van der Waals surface area contributed by atoms with Crippen molar-refractivity contribution in [2.24, 2.45) is 5.10 Å². The van der Waals surface area contributed by atoms with E-state index in [1.54, 1.807) is 13.2 Å². The van der Waals surface area contributed by atoms with E-state index in [-0.39, 0.29) is 18.0 Å². The second kappa shape index (κ2) is 11.3. The molecule has 0 spiro atoms. The zero-order valence-corrected chi connectivity index (χ0v) is 22.9. The molecule has 9 heteroatoms. The quantitative estimate of drug-likeness (QED) is 0.366. The highest BCUT2D eigenvalue weighted by Gasteiger charge is 2.37. The molecule has 40 heavy (non-hydrogen) atoms. The van der Waals surface area contributed by atoms with E-state index in [4.69, 9.17) is 26.2 Å². The lowest BCUT2D eigenvalue weighted by Crippen LogP contribution is -2.43. The van der Waals surface area contributed by atoms with Crippen molar-refractivity contribution in [2.75, 3.05) is 40.0 Å². The second-order valence-corrected chi connectivity index (χ2v) is 10.3. The van der Waals surface area contributed by atoms with Crippen LogP contribution in [0.4, 0.5) is 0 Å². The number of halogens is 1. The van der Waals surface area contributed by atoms with Crippen LogP contribution in [0.1, 0.15) is 23.6 Å². The van der Waals surface area contributed by atoms with Crippen LogP contribution in [0.15, 0.2) is 82.7 Å². The average Bonchev–Trinajstić information content (AvgIpc) is 3.42. The van der Waals surface area contributed by atoms with Gasteiger partial charge in [0.05, 0.1) is 44.2 Å². The maximum absolute atomic E-state index is 13.8. The third-order valence-electron chi connectivity index (χ3n) is 7.45. The summed E-state index contributed by atoms with van der Waals surface area (Å²) >= 11 is 6.42. The lowest BCUT2D eigenvalue weighted by molar-refractivity contribution is -0.135. The molecule has 0 aliphatic carbocycles. The molecule has 1 aromatic heterocycles. The van der Waals surface area contributed by atoms with E-state index in [9.17, 15) is 9.59 Å². The summed E-state index contributed by atoms with van der Waals surface area (Å²) in [7, 11) is 1.61. The zero-order valence-electron chi connectivity index (χ0n) is 22.1. The predicted octanol–water partition coefficient (Wildman–Crippen LogP) is 4.87. The van der Waals surface area contributed by atoms with Crippen LogP contribution in [0.3, 0.4) is 0 Å². The molecule has 1 fully saturated rings. The van der Waals surface area contributed by atoms with Gasteiger partial charge in [-0.3, -0.25) is 14.5 Å². The molecule has 3 aromatic carbocycles. The number of aromatic nitrogens is 1. The minimum absolute atomic E-state index is 0.144. The highest BCUT2D eigenvalue weighted by atomic mass is 35.5. The molecule has 204 valence electrons. The fraction of sp³-hybridized carbons (Fsp3) is 0.258. The van der Waals surface area contributed by atoms with E-state index in [2.05, 4.69) is 9.88 Å². The SMILES string of the molecule is COc1ccccc1C1CC(c2c(-c3ccccc3)c3cc(Cl)ccc3[nH]c2=O)=NN1C(=O)CN1CCOCC1. The number of hydrogen-bond acceptors (Lipinski definition) is 6. The lowest BCUT2D eigenvalue weighted by Gasteiger charge is -2.29. The number of benzene rings is 3. The predicted molar refractivity (Wildman–Crippen MR) is 156 cm³/mol. The van der Waals surface area contributed by atoms with Gasteiger partial charge < -0.3 is 14.5 Å². The number of carbonyl (C=O) groups is 1. The first-order valence-electron chi connectivity index (χ1n) is 13.3. The Kier molecular flexibility index (Phi) is 7.38. The number of para-hydroxylation sites is 1. The first kappa shape index (κ1) is 26.3. The topological polar surface area (TPSA) is 87.2 Å². The molecule has 8 nitrogen and oxygen atoms in total. The van der Waals surface area contributed by atoms with Gasteiger partial charge in [0.2, 0.25) is 0 Å². The Labute approximate surface area is 236 Å². The number of nitrogens with zero attached hydrogens (tertiary/aromatic N) is 3. The van der Waals surface area contributed by atoms with Crippen LogP contribution in [0, 0.1) is 0 Å². The fourth-order valence-electron chi connectivity index (χ4n) is 5.54. The Bertz CT molecular complexity index is 1650. The lowest BCUT2D eigenvalue weighted by atomic mass is 9.91. The van der Waals surface area contributed by atoms with Gasteiger partial charge in [-0.1, -0.05) is 60.1 Å². The summed E-state index contributed by atoms with van der Waals surface area (Å²) < 4.78 is 11.1. The summed E-state index contributed by atoms with van der Waals surface area (Å²) in [5.74, 6) is 0.518. The Balaban J connectivity index is 1.51. The molecule has 1 unspecified atom stereocenters. The van der Waals surface area contributed by atoms with Gasteiger partial charge in [-0.05, 0) is 29.8 Å². The van der Waals surface area contributed by atoms with Crippen molar-refractivity contribution in [3.05, 3.63) is 99.3 Å². The molecule has 3 heterocycles.